The fourth-order valence-corrected chi connectivity index (χ4v) is 1.94. The largest absolute Gasteiger partial charge is 0.480 e. The molecule has 0 spiro atoms. The monoisotopic (exact) mass is 202 g/mol. The molecule has 0 aromatic rings. The second kappa shape index (κ2) is 3.78. The number of amidine groups is 1. The van der Waals surface area contributed by atoms with Gasteiger partial charge >= 0.3 is 5.97 Å². The van der Waals surface area contributed by atoms with E-state index in [1.807, 2.05) is 0 Å². The first-order valence-electron chi connectivity index (χ1n) is 3.69. The number of hydrogen-bond acceptors (Lipinski definition) is 4. The first-order valence-corrected chi connectivity index (χ1v) is 4.57. The van der Waals surface area contributed by atoms with Crippen LogP contribution in [0.2, 0.25) is 0 Å². The molecule has 1 aliphatic rings. The number of carboxylic acids is 1. The van der Waals surface area contributed by atoms with Crippen LogP contribution < -0.4 is 0 Å². The molecule has 6 heteroatoms. The van der Waals surface area contributed by atoms with Gasteiger partial charge in [0.25, 0.3) is 0 Å². The first kappa shape index (κ1) is 10.0. The summed E-state index contributed by atoms with van der Waals surface area (Å²) in [4.78, 5) is 27.1. The minimum absolute atomic E-state index is 0.0372. The van der Waals surface area contributed by atoms with E-state index in [0.717, 1.165) is 11.8 Å². The van der Waals surface area contributed by atoms with Crippen LogP contribution in [0.15, 0.2) is 4.99 Å². The Balaban J connectivity index is 2.81. The van der Waals surface area contributed by atoms with Gasteiger partial charge in [0.2, 0.25) is 5.91 Å². The van der Waals surface area contributed by atoms with Crippen LogP contribution >= 0.6 is 11.8 Å². The Labute approximate surface area is 79.8 Å². The number of amides is 1. The van der Waals surface area contributed by atoms with Gasteiger partial charge in [-0.1, -0.05) is 11.8 Å². The molecule has 1 fully saturated rings. The quantitative estimate of drug-likeness (QED) is 0.650. The summed E-state index contributed by atoms with van der Waals surface area (Å²) in [6, 6.07) is 0. The van der Waals surface area contributed by atoms with E-state index in [4.69, 9.17) is 5.11 Å². The van der Waals surface area contributed by atoms with Crippen molar-refractivity contribution >= 4 is 28.8 Å². The first-order chi connectivity index (χ1) is 6.06. The molecule has 0 aliphatic carbocycles. The molecular weight excluding hydrogens is 192 g/mol. The summed E-state index contributed by atoms with van der Waals surface area (Å²) in [7, 11) is 3.13. The van der Waals surface area contributed by atoms with Gasteiger partial charge < -0.3 is 5.11 Å². The molecule has 0 unspecified atom stereocenters. The highest BCUT2D eigenvalue weighted by Gasteiger charge is 2.33. The van der Waals surface area contributed by atoms with Crippen molar-refractivity contribution < 1.29 is 14.7 Å². The third-order valence-corrected chi connectivity index (χ3v) is 3.06. The highest BCUT2D eigenvalue weighted by Crippen LogP contribution is 2.25. The molecule has 72 valence electrons. The lowest BCUT2D eigenvalue weighted by Gasteiger charge is -2.26. The van der Waals surface area contributed by atoms with Gasteiger partial charge in [-0.15, -0.1) is 0 Å². The minimum Gasteiger partial charge on any atom is -0.480 e. The summed E-state index contributed by atoms with van der Waals surface area (Å²) in [6.07, 6.45) is 0.0372. The standard InChI is InChI=1S/C7H10N2O3S/c1-8-7-9(2)5(10)3-4(13-7)6(11)12/h4H,3H2,1-2H3,(H,11,12)/t4-/m1/s1. The van der Waals surface area contributed by atoms with Gasteiger partial charge in [0.15, 0.2) is 5.17 Å². The van der Waals surface area contributed by atoms with E-state index >= 15 is 0 Å². The van der Waals surface area contributed by atoms with Gasteiger partial charge in [0.1, 0.15) is 5.25 Å². The highest BCUT2D eigenvalue weighted by atomic mass is 32.2. The van der Waals surface area contributed by atoms with E-state index in [1.54, 1.807) is 7.05 Å². The summed E-state index contributed by atoms with van der Waals surface area (Å²) in [5, 5.41) is 8.48. The predicted octanol–water partition coefficient (Wildman–Crippen LogP) is 0.0207. The topological polar surface area (TPSA) is 70.0 Å². The number of carboxylic acid groups (broad SMARTS) is 1. The second-order valence-corrected chi connectivity index (χ2v) is 3.78. The van der Waals surface area contributed by atoms with Crippen LogP contribution in [0.1, 0.15) is 6.42 Å². The maximum atomic E-state index is 11.2. The number of aliphatic carboxylic acids is 1. The maximum Gasteiger partial charge on any atom is 0.317 e. The number of rotatable bonds is 1. The van der Waals surface area contributed by atoms with Crippen molar-refractivity contribution in [3.63, 3.8) is 0 Å². The van der Waals surface area contributed by atoms with E-state index in [-0.39, 0.29) is 12.3 Å². The van der Waals surface area contributed by atoms with Crippen molar-refractivity contribution in [3.8, 4) is 0 Å². The molecule has 1 atom stereocenters. The zero-order valence-corrected chi connectivity index (χ0v) is 8.17. The number of aliphatic imine (C=N–C) groups is 1. The summed E-state index contributed by atoms with van der Waals surface area (Å²) >= 11 is 1.11. The summed E-state index contributed by atoms with van der Waals surface area (Å²) < 4.78 is 0. The Morgan fingerprint density at radius 1 is 1.77 bits per heavy atom. The van der Waals surface area contributed by atoms with Crippen LogP contribution in [0.3, 0.4) is 0 Å². The smallest absolute Gasteiger partial charge is 0.317 e. The van der Waals surface area contributed by atoms with Gasteiger partial charge in [-0.3, -0.25) is 19.5 Å². The highest BCUT2D eigenvalue weighted by molar-refractivity contribution is 8.15. The van der Waals surface area contributed by atoms with Gasteiger partial charge in [0.05, 0.1) is 6.42 Å². The zero-order chi connectivity index (χ0) is 10.0. The molecule has 1 aliphatic heterocycles. The Hall–Kier alpha value is -1.04. The Morgan fingerprint density at radius 2 is 2.38 bits per heavy atom. The average molecular weight is 202 g/mol. The molecule has 0 aromatic heterocycles. The van der Waals surface area contributed by atoms with E-state index < -0.39 is 11.2 Å². The van der Waals surface area contributed by atoms with Crippen LogP contribution in [0.4, 0.5) is 0 Å². The number of nitrogens with zero attached hydrogens (tertiary/aromatic N) is 2. The van der Waals surface area contributed by atoms with Crippen molar-refractivity contribution in [2.75, 3.05) is 14.1 Å². The van der Waals surface area contributed by atoms with Crippen molar-refractivity contribution in [1.82, 2.24) is 4.90 Å². The minimum atomic E-state index is -0.965. The Bertz CT molecular complexity index is 277. The number of hydrogen-bond donors (Lipinski definition) is 1. The maximum absolute atomic E-state index is 11.2. The lowest BCUT2D eigenvalue weighted by molar-refractivity contribution is -0.139. The van der Waals surface area contributed by atoms with E-state index in [1.165, 1.54) is 11.9 Å². The van der Waals surface area contributed by atoms with Crippen LogP contribution in [0.25, 0.3) is 0 Å². The van der Waals surface area contributed by atoms with Crippen LogP contribution in [-0.2, 0) is 9.59 Å². The molecule has 1 saturated heterocycles. The summed E-state index contributed by atoms with van der Waals surface area (Å²) in [6.45, 7) is 0. The Morgan fingerprint density at radius 3 is 2.85 bits per heavy atom. The average Bonchev–Trinajstić information content (AvgIpc) is 2.09. The molecule has 1 rings (SSSR count). The lowest BCUT2D eigenvalue weighted by atomic mass is 10.3. The molecular formula is C7H10N2O3S. The van der Waals surface area contributed by atoms with Crippen molar-refractivity contribution in [3.05, 3.63) is 0 Å². The van der Waals surface area contributed by atoms with E-state index in [0.29, 0.717) is 5.17 Å². The number of carbonyl (C=O) groups is 2. The molecule has 0 aromatic carbocycles. The molecule has 1 N–H and O–H groups in total. The molecule has 0 saturated carbocycles. The molecule has 13 heavy (non-hydrogen) atoms. The molecule has 5 nitrogen and oxygen atoms in total. The summed E-state index contributed by atoms with van der Waals surface area (Å²) in [5.41, 5.74) is 0. The predicted molar refractivity (Wildman–Crippen MR) is 49.8 cm³/mol. The second-order valence-electron chi connectivity index (χ2n) is 2.61. The van der Waals surface area contributed by atoms with Crippen LogP contribution in [-0.4, -0.2) is 46.4 Å². The normalized spacial score (nSPS) is 26.6. The van der Waals surface area contributed by atoms with Crippen molar-refractivity contribution in [1.29, 1.82) is 0 Å². The fourth-order valence-electron chi connectivity index (χ4n) is 0.991. The van der Waals surface area contributed by atoms with Crippen LogP contribution in [0.5, 0.6) is 0 Å². The third kappa shape index (κ3) is 2.00. The third-order valence-electron chi connectivity index (χ3n) is 1.74. The van der Waals surface area contributed by atoms with E-state index in [9.17, 15) is 9.59 Å². The molecule has 1 heterocycles. The Kier molecular flexibility index (Phi) is 2.92. The lowest BCUT2D eigenvalue weighted by Crippen LogP contribution is -2.41. The van der Waals surface area contributed by atoms with Gasteiger partial charge in [-0.05, 0) is 0 Å². The number of thioether (sulfide) groups is 1. The van der Waals surface area contributed by atoms with Gasteiger partial charge in [-0.25, -0.2) is 0 Å². The SMILES string of the molecule is CN=C1S[C@@H](C(=O)O)CC(=O)N1C. The van der Waals surface area contributed by atoms with Gasteiger partial charge in [-0.2, -0.15) is 0 Å². The molecule has 0 radical (unpaired) electrons. The van der Waals surface area contributed by atoms with Crippen LogP contribution in [0, 0.1) is 0 Å². The molecule has 0 bridgehead atoms. The zero-order valence-electron chi connectivity index (χ0n) is 7.35. The van der Waals surface area contributed by atoms with E-state index in [2.05, 4.69) is 4.99 Å². The number of carbonyl (C=O) groups excluding carboxylic acids is 1. The van der Waals surface area contributed by atoms with Crippen molar-refractivity contribution in [2.45, 2.75) is 11.7 Å². The molecule has 1 amide bonds. The van der Waals surface area contributed by atoms with Gasteiger partial charge in [0, 0.05) is 14.1 Å². The summed E-state index contributed by atoms with van der Waals surface area (Å²) in [5.74, 6) is -1.17. The fraction of sp³-hybridized carbons (Fsp3) is 0.571. The van der Waals surface area contributed by atoms with Crippen molar-refractivity contribution in [2.24, 2.45) is 4.99 Å².